The van der Waals surface area contributed by atoms with E-state index in [-0.39, 0.29) is 0 Å². The van der Waals surface area contributed by atoms with Crippen molar-refractivity contribution in [3.63, 3.8) is 0 Å². The SMILES string of the molecule is Nc1cc(OCCOc2cccc(Cl)c2)ccc1Cl. The molecule has 0 atom stereocenters. The van der Waals surface area contributed by atoms with Crippen LogP contribution < -0.4 is 15.2 Å². The Hall–Kier alpha value is -1.58. The van der Waals surface area contributed by atoms with Crippen LogP contribution in [0.5, 0.6) is 11.5 Å². The molecule has 0 heterocycles. The summed E-state index contributed by atoms with van der Waals surface area (Å²) in [5, 5.41) is 1.16. The van der Waals surface area contributed by atoms with Crippen molar-refractivity contribution in [1.29, 1.82) is 0 Å². The lowest BCUT2D eigenvalue weighted by Crippen LogP contribution is -2.09. The maximum absolute atomic E-state index is 5.85. The molecule has 0 saturated carbocycles. The van der Waals surface area contributed by atoms with E-state index in [9.17, 15) is 0 Å². The minimum Gasteiger partial charge on any atom is -0.490 e. The van der Waals surface area contributed by atoms with Crippen LogP contribution in [-0.4, -0.2) is 13.2 Å². The molecule has 5 heteroatoms. The van der Waals surface area contributed by atoms with Crippen LogP contribution in [-0.2, 0) is 0 Å². The van der Waals surface area contributed by atoms with E-state index in [1.807, 2.05) is 12.1 Å². The fraction of sp³-hybridized carbons (Fsp3) is 0.143. The predicted molar refractivity (Wildman–Crippen MR) is 78.3 cm³/mol. The second-order valence-electron chi connectivity index (χ2n) is 3.84. The maximum Gasteiger partial charge on any atom is 0.122 e. The van der Waals surface area contributed by atoms with E-state index in [0.29, 0.717) is 40.4 Å². The van der Waals surface area contributed by atoms with Gasteiger partial charge in [-0.2, -0.15) is 0 Å². The van der Waals surface area contributed by atoms with Crippen molar-refractivity contribution >= 4 is 28.9 Å². The molecular formula is C14H13Cl2NO2. The number of hydrogen-bond donors (Lipinski definition) is 1. The van der Waals surface area contributed by atoms with Gasteiger partial charge in [0.05, 0.1) is 10.7 Å². The van der Waals surface area contributed by atoms with Crippen molar-refractivity contribution in [3.05, 3.63) is 52.5 Å². The second-order valence-corrected chi connectivity index (χ2v) is 4.68. The first kappa shape index (κ1) is 13.8. The molecule has 100 valence electrons. The van der Waals surface area contributed by atoms with Gasteiger partial charge in [-0.25, -0.2) is 0 Å². The maximum atomic E-state index is 5.85. The average Bonchev–Trinajstić information content (AvgIpc) is 2.39. The van der Waals surface area contributed by atoms with Gasteiger partial charge in [0.15, 0.2) is 0 Å². The lowest BCUT2D eigenvalue weighted by molar-refractivity contribution is 0.217. The van der Waals surface area contributed by atoms with Crippen LogP contribution in [0, 0.1) is 0 Å². The van der Waals surface area contributed by atoms with E-state index in [1.165, 1.54) is 0 Å². The van der Waals surface area contributed by atoms with E-state index in [2.05, 4.69) is 0 Å². The molecule has 0 unspecified atom stereocenters. The molecule has 0 radical (unpaired) electrons. The molecule has 0 amide bonds. The Morgan fingerprint density at radius 1 is 0.895 bits per heavy atom. The molecule has 0 fully saturated rings. The van der Waals surface area contributed by atoms with E-state index in [1.54, 1.807) is 30.3 Å². The Balaban J connectivity index is 1.79. The Morgan fingerprint density at radius 2 is 1.58 bits per heavy atom. The zero-order chi connectivity index (χ0) is 13.7. The normalized spacial score (nSPS) is 10.2. The molecule has 0 aliphatic rings. The van der Waals surface area contributed by atoms with Crippen LogP contribution in [0.3, 0.4) is 0 Å². The van der Waals surface area contributed by atoms with Gasteiger partial charge in [0.2, 0.25) is 0 Å². The van der Waals surface area contributed by atoms with Gasteiger partial charge >= 0.3 is 0 Å². The third kappa shape index (κ3) is 4.23. The van der Waals surface area contributed by atoms with Gasteiger partial charge in [-0.3, -0.25) is 0 Å². The zero-order valence-electron chi connectivity index (χ0n) is 10.1. The van der Waals surface area contributed by atoms with Crippen LogP contribution >= 0.6 is 23.2 Å². The van der Waals surface area contributed by atoms with Crippen LogP contribution in [0.2, 0.25) is 10.0 Å². The topological polar surface area (TPSA) is 44.5 Å². The first-order valence-electron chi connectivity index (χ1n) is 5.71. The summed E-state index contributed by atoms with van der Waals surface area (Å²) in [5.74, 6) is 1.38. The van der Waals surface area contributed by atoms with E-state index < -0.39 is 0 Å². The lowest BCUT2D eigenvalue weighted by atomic mass is 10.3. The molecular weight excluding hydrogens is 285 g/mol. The Bertz CT molecular complexity index is 561. The molecule has 2 aromatic rings. The number of ether oxygens (including phenoxy) is 2. The highest BCUT2D eigenvalue weighted by Crippen LogP contribution is 2.23. The number of halogens is 2. The summed E-state index contributed by atoms with van der Waals surface area (Å²) < 4.78 is 11.0. The smallest absolute Gasteiger partial charge is 0.122 e. The van der Waals surface area contributed by atoms with Crippen molar-refractivity contribution in [1.82, 2.24) is 0 Å². The number of benzene rings is 2. The van der Waals surface area contributed by atoms with E-state index >= 15 is 0 Å². The Kier molecular flexibility index (Phi) is 4.77. The lowest BCUT2D eigenvalue weighted by Gasteiger charge is -2.09. The summed E-state index contributed by atoms with van der Waals surface area (Å²) in [5.41, 5.74) is 6.17. The fourth-order valence-electron chi connectivity index (χ4n) is 1.49. The number of anilines is 1. The number of nitrogen functional groups attached to an aromatic ring is 1. The monoisotopic (exact) mass is 297 g/mol. The molecule has 0 aliphatic heterocycles. The summed E-state index contributed by atoms with van der Waals surface area (Å²) in [7, 11) is 0. The summed E-state index contributed by atoms with van der Waals surface area (Å²) in [4.78, 5) is 0. The minimum atomic E-state index is 0.410. The van der Waals surface area contributed by atoms with Gasteiger partial charge in [-0.1, -0.05) is 29.3 Å². The minimum absolute atomic E-state index is 0.410. The fourth-order valence-corrected chi connectivity index (χ4v) is 1.79. The molecule has 3 nitrogen and oxygen atoms in total. The van der Waals surface area contributed by atoms with Gasteiger partial charge in [-0.15, -0.1) is 0 Å². The van der Waals surface area contributed by atoms with E-state index in [0.717, 1.165) is 0 Å². The van der Waals surface area contributed by atoms with E-state index in [4.69, 9.17) is 38.4 Å². The molecule has 0 aliphatic carbocycles. The van der Waals surface area contributed by atoms with Crippen molar-refractivity contribution in [3.8, 4) is 11.5 Å². The molecule has 2 N–H and O–H groups in total. The number of hydrogen-bond acceptors (Lipinski definition) is 3. The predicted octanol–water partition coefficient (Wildman–Crippen LogP) is 4.03. The molecule has 2 aromatic carbocycles. The third-order valence-electron chi connectivity index (χ3n) is 2.38. The molecule has 0 aromatic heterocycles. The zero-order valence-corrected chi connectivity index (χ0v) is 11.6. The van der Waals surface area contributed by atoms with Gasteiger partial charge < -0.3 is 15.2 Å². The summed E-state index contributed by atoms with van der Waals surface area (Å²) >= 11 is 11.7. The second kappa shape index (κ2) is 6.55. The molecule has 0 spiro atoms. The summed E-state index contributed by atoms with van der Waals surface area (Å²) in [6.45, 7) is 0.830. The molecule has 0 bridgehead atoms. The van der Waals surface area contributed by atoms with Crippen LogP contribution in [0.1, 0.15) is 0 Å². The standard InChI is InChI=1S/C14H13Cl2NO2/c15-10-2-1-3-11(8-10)18-6-7-19-12-4-5-13(16)14(17)9-12/h1-5,8-9H,6-7,17H2. The largest absolute Gasteiger partial charge is 0.490 e. The summed E-state index contributed by atoms with van der Waals surface area (Å²) in [6, 6.07) is 12.4. The average molecular weight is 298 g/mol. The number of nitrogens with two attached hydrogens (primary N) is 1. The van der Waals surface area contributed by atoms with Gasteiger partial charge in [0.1, 0.15) is 24.7 Å². The number of rotatable bonds is 5. The highest BCUT2D eigenvalue weighted by molar-refractivity contribution is 6.33. The quantitative estimate of drug-likeness (QED) is 0.669. The third-order valence-corrected chi connectivity index (χ3v) is 2.96. The van der Waals surface area contributed by atoms with Crippen molar-refractivity contribution in [2.75, 3.05) is 18.9 Å². The van der Waals surface area contributed by atoms with Gasteiger partial charge in [0.25, 0.3) is 0 Å². The van der Waals surface area contributed by atoms with Crippen molar-refractivity contribution in [2.24, 2.45) is 0 Å². The van der Waals surface area contributed by atoms with Crippen molar-refractivity contribution < 1.29 is 9.47 Å². The van der Waals surface area contributed by atoms with Crippen molar-refractivity contribution in [2.45, 2.75) is 0 Å². The highest BCUT2D eigenvalue weighted by atomic mass is 35.5. The van der Waals surface area contributed by atoms with Gasteiger partial charge in [0, 0.05) is 11.1 Å². The molecule has 19 heavy (non-hydrogen) atoms. The Morgan fingerprint density at radius 3 is 2.21 bits per heavy atom. The first-order chi connectivity index (χ1) is 9.15. The molecule has 2 rings (SSSR count). The first-order valence-corrected chi connectivity index (χ1v) is 6.47. The molecule has 0 saturated heterocycles. The summed E-state index contributed by atoms with van der Waals surface area (Å²) in [6.07, 6.45) is 0. The van der Waals surface area contributed by atoms with Crippen LogP contribution in [0.4, 0.5) is 5.69 Å². The van der Waals surface area contributed by atoms with Gasteiger partial charge in [-0.05, 0) is 30.3 Å². The highest BCUT2D eigenvalue weighted by Gasteiger charge is 2.00. The van der Waals surface area contributed by atoms with Crippen LogP contribution in [0.25, 0.3) is 0 Å². The van der Waals surface area contributed by atoms with Crippen LogP contribution in [0.15, 0.2) is 42.5 Å². The Labute approximate surface area is 121 Å².